The molecule has 4 heteroatoms. The van der Waals surface area contributed by atoms with E-state index in [1.54, 1.807) is 0 Å². The van der Waals surface area contributed by atoms with Crippen molar-refractivity contribution in [2.24, 2.45) is 0 Å². The van der Waals surface area contributed by atoms with Crippen molar-refractivity contribution in [3.8, 4) is 5.75 Å². The molecule has 0 aliphatic carbocycles. The summed E-state index contributed by atoms with van der Waals surface area (Å²) in [7, 11) is 0. The van der Waals surface area contributed by atoms with E-state index in [1.807, 2.05) is 71.6 Å². The van der Waals surface area contributed by atoms with Gasteiger partial charge in [-0.05, 0) is 49.1 Å². The maximum atomic E-state index is 13.8. The predicted octanol–water partition coefficient (Wildman–Crippen LogP) is 6.64. The molecule has 0 spiro atoms. The van der Waals surface area contributed by atoms with Crippen LogP contribution in [0.2, 0.25) is 0 Å². The number of carbonyl (C=O) groups is 1. The van der Waals surface area contributed by atoms with E-state index >= 15 is 0 Å². The van der Waals surface area contributed by atoms with Gasteiger partial charge in [-0.25, -0.2) is 0 Å². The van der Waals surface area contributed by atoms with Gasteiger partial charge in [0, 0.05) is 17.8 Å². The molecule has 4 aromatic carbocycles. The molecule has 0 saturated heterocycles. The highest BCUT2D eigenvalue weighted by Gasteiger charge is 2.44. The number of amides is 1. The van der Waals surface area contributed by atoms with E-state index in [4.69, 9.17) is 4.74 Å². The zero-order chi connectivity index (χ0) is 24.1. The quantitative estimate of drug-likeness (QED) is 0.299. The lowest BCUT2D eigenvalue weighted by Gasteiger charge is -2.47. The normalized spacial score (nSPS) is 16.9. The van der Waals surface area contributed by atoms with Crippen molar-refractivity contribution < 1.29 is 9.53 Å². The van der Waals surface area contributed by atoms with Crippen LogP contribution < -0.4 is 10.1 Å². The van der Waals surface area contributed by atoms with Crippen molar-refractivity contribution in [1.82, 2.24) is 4.90 Å². The molecule has 0 bridgehead atoms. The molecule has 1 heterocycles. The maximum Gasteiger partial charge on any atom is 0.258 e. The Morgan fingerprint density at radius 3 is 2.17 bits per heavy atom. The van der Waals surface area contributed by atoms with E-state index in [0.717, 1.165) is 35.4 Å². The number of nitrogens with zero attached hydrogens (tertiary/aromatic N) is 1. The van der Waals surface area contributed by atoms with Gasteiger partial charge in [0.15, 0.2) is 0 Å². The molecule has 1 aliphatic heterocycles. The molecule has 0 radical (unpaired) electrons. The van der Waals surface area contributed by atoms with Gasteiger partial charge in [0.05, 0.1) is 12.2 Å². The van der Waals surface area contributed by atoms with Gasteiger partial charge in [0.1, 0.15) is 11.4 Å². The largest absolute Gasteiger partial charge is 0.493 e. The van der Waals surface area contributed by atoms with E-state index < -0.39 is 5.66 Å². The topological polar surface area (TPSA) is 41.6 Å². The zero-order valence-corrected chi connectivity index (χ0v) is 20.0. The number of hydrogen-bond donors (Lipinski definition) is 1. The molecule has 0 saturated carbocycles. The third kappa shape index (κ3) is 4.78. The molecule has 1 N–H and O–H groups in total. The summed E-state index contributed by atoms with van der Waals surface area (Å²) in [5, 5.41) is 3.67. The van der Waals surface area contributed by atoms with Crippen LogP contribution in [0.1, 0.15) is 40.4 Å². The fourth-order valence-corrected chi connectivity index (χ4v) is 4.76. The molecular weight excluding hydrogens is 432 g/mol. The first-order chi connectivity index (χ1) is 17.1. The van der Waals surface area contributed by atoms with Crippen LogP contribution in [0, 0.1) is 0 Å². The molecule has 5 rings (SSSR count). The van der Waals surface area contributed by atoms with Crippen molar-refractivity contribution in [3.05, 3.63) is 131 Å². The Labute approximate surface area is 207 Å². The smallest absolute Gasteiger partial charge is 0.258 e. The van der Waals surface area contributed by atoms with Crippen molar-refractivity contribution in [2.75, 3.05) is 11.9 Å². The van der Waals surface area contributed by atoms with Gasteiger partial charge < -0.3 is 15.0 Å². The van der Waals surface area contributed by atoms with Gasteiger partial charge in [-0.2, -0.15) is 0 Å². The molecular formula is C31H30N2O2. The lowest BCUT2D eigenvalue weighted by Crippen LogP contribution is -2.55. The highest BCUT2D eigenvalue weighted by atomic mass is 16.5. The number of hydrogen-bond acceptors (Lipinski definition) is 3. The van der Waals surface area contributed by atoms with Crippen LogP contribution in [-0.2, 0) is 18.6 Å². The monoisotopic (exact) mass is 462 g/mol. The van der Waals surface area contributed by atoms with Gasteiger partial charge in [-0.15, -0.1) is 0 Å². The zero-order valence-electron chi connectivity index (χ0n) is 20.0. The van der Waals surface area contributed by atoms with Crippen LogP contribution in [0.5, 0.6) is 5.75 Å². The van der Waals surface area contributed by atoms with Crippen molar-refractivity contribution in [3.63, 3.8) is 0 Å². The Morgan fingerprint density at radius 1 is 0.771 bits per heavy atom. The van der Waals surface area contributed by atoms with Crippen LogP contribution in [0.4, 0.5) is 5.69 Å². The second-order valence-electron chi connectivity index (χ2n) is 9.05. The SMILES string of the molecule is CC1(c2ccccc2OCCCc2ccccc2)Nc2ccccc2C(=O)N1Cc1ccccc1. The Balaban J connectivity index is 1.44. The summed E-state index contributed by atoms with van der Waals surface area (Å²) in [4.78, 5) is 15.7. The van der Waals surface area contributed by atoms with Crippen molar-refractivity contribution in [2.45, 2.75) is 32.0 Å². The molecule has 4 aromatic rings. The third-order valence-electron chi connectivity index (χ3n) is 6.63. The van der Waals surface area contributed by atoms with Gasteiger partial charge in [0.2, 0.25) is 0 Å². The fourth-order valence-electron chi connectivity index (χ4n) is 4.76. The number of para-hydroxylation sites is 2. The second kappa shape index (κ2) is 10.1. The molecule has 4 nitrogen and oxygen atoms in total. The number of carbonyl (C=O) groups excluding carboxylic acids is 1. The van der Waals surface area contributed by atoms with Gasteiger partial charge >= 0.3 is 0 Å². The van der Waals surface area contributed by atoms with Crippen LogP contribution >= 0.6 is 0 Å². The van der Waals surface area contributed by atoms with Crippen molar-refractivity contribution >= 4 is 11.6 Å². The highest BCUT2D eigenvalue weighted by molar-refractivity contribution is 6.02. The van der Waals surface area contributed by atoms with Crippen LogP contribution in [0.25, 0.3) is 0 Å². The molecule has 0 aromatic heterocycles. The third-order valence-corrected chi connectivity index (χ3v) is 6.63. The minimum absolute atomic E-state index is 0.00424. The standard InChI is InChI=1S/C31H30N2O2/c1-31(27-19-9-11-21-29(27)35-22-12-17-24-13-4-2-5-14-24)32-28-20-10-8-18-26(28)30(34)33(31)23-25-15-6-3-7-16-25/h2-11,13-16,18-21,32H,12,17,22-23H2,1H3. The minimum atomic E-state index is -0.780. The minimum Gasteiger partial charge on any atom is -0.493 e. The average Bonchev–Trinajstić information content (AvgIpc) is 2.90. The Morgan fingerprint density at radius 2 is 1.40 bits per heavy atom. The number of ether oxygens (including phenoxy) is 1. The summed E-state index contributed by atoms with van der Waals surface area (Å²) >= 11 is 0. The summed E-state index contributed by atoms with van der Waals surface area (Å²) in [5.41, 5.74) is 4.07. The first-order valence-corrected chi connectivity index (χ1v) is 12.1. The number of rotatable bonds is 8. The van der Waals surface area contributed by atoms with E-state index in [2.05, 4.69) is 54.7 Å². The van der Waals surface area contributed by atoms with E-state index in [1.165, 1.54) is 5.56 Å². The summed E-state index contributed by atoms with van der Waals surface area (Å²) in [6.45, 7) is 3.15. The number of anilines is 1. The molecule has 176 valence electrons. The number of benzene rings is 4. The van der Waals surface area contributed by atoms with E-state index in [0.29, 0.717) is 18.7 Å². The van der Waals surface area contributed by atoms with Gasteiger partial charge in [-0.1, -0.05) is 91.0 Å². The number of nitrogens with one attached hydrogen (secondary N) is 1. The van der Waals surface area contributed by atoms with Crippen LogP contribution in [0.15, 0.2) is 109 Å². The molecule has 0 fully saturated rings. The first-order valence-electron chi connectivity index (χ1n) is 12.1. The maximum absolute atomic E-state index is 13.8. The number of fused-ring (bicyclic) bond motifs is 1. The molecule has 1 amide bonds. The summed E-state index contributed by atoms with van der Waals surface area (Å²) < 4.78 is 6.32. The Kier molecular flexibility index (Phi) is 6.53. The van der Waals surface area contributed by atoms with Gasteiger partial charge in [-0.3, -0.25) is 4.79 Å². The molecule has 1 unspecified atom stereocenters. The van der Waals surface area contributed by atoms with Crippen LogP contribution in [0.3, 0.4) is 0 Å². The second-order valence-corrected chi connectivity index (χ2v) is 9.05. The summed E-state index contributed by atoms with van der Waals surface area (Å²) in [6.07, 6.45) is 1.88. The predicted molar refractivity (Wildman–Crippen MR) is 140 cm³/mol. The van der Waals surface area contributed by atoms with Crippen LogP contribution in [-0.4, -0.2) is 17.4 Å². The van der Waals surface area contributed by atoms with Crippen molar-refractivity contribution in [1.29, 1.82) is 0 Å². The molecule has 35 heavy (non-hydrogen) atoms. The van der Waals surface area contributed by atoms with Gasteiger partial charge in [0.25, 0.3) is 5.91 Å². The first kappa shape index (κ1) is 22.7. The average molecular weight is 463 g/mol. The molecule has 1 atom stereocenters. The lowest BCUT2D eigenvalue weighted by molar-refractivity contribution is 0.0502. The Bertz CT molecular complexity index is 1290. The van der Waals surface area contributed by atoms with E-state index in [9.17, 15) is 4.79 Å². The number of aryl methyl sites for hydroxylation is 1. The summed E-state index contributed by atoms with van der Waals surface area (Å²) in [5.74, 6) is 0.797. The highest BCUT2D eigenvalue weighted by Crippen LogP contribution is 2.42. The van der Waals surface area contributed by atoms with E-state index in [-0.39, 0.29) is 5.91 Å². The summed E-state index contributed by atoms with van der Waals surface area (Å²) in [6, 6.07) is 36.3. The fraction of sp³-hybridized carbons (Fsp3) is 0.194. The lowest BCUT2D eigenvalue weighted by atomic mass is 9.92. The Hall–Kier alpha value is -4.05. The molecule has 1 aliphatic rings.